The first-order chi connectivity index (χ1) is 14.9. The summed E-state index contributed by atoms with van der Waals surface area (Å²) in [5.41, 5.74) is 2.05. The Morgan fingerprint density at radius 2 is 1.74 bits per heavy atom. The molecule has 1 heterocycles. The highest BCUT2D eigenvalue weighted by molar-refractivity contribution is 7.92. The third-order valence-electron chi connectivity index (χ3n) is 5.09. The van der Waals surface area contributed by atoms with Crippen LogP contribution in [0.5, 0.6) is 5.75 Å². The predicted molar refractivity (Wildman–Crippen MR) is 121 cm³/mol. The van der Waals surface area contributed by atoms with Crippen molar-refractivity contribution in [3.8, 4) is 5.75 Å². The van der Waals surface area contributed by atoms with Gasteiger partial charge in [0.15, 0.2) is 6.10 Å². The fourth-order valence-electron chi connectivity index (χ4n) is 3.46. The first kappa shape index (κ1) is 21.2. The number of nitrogens with one attached hydrogen (secondary N) is 1. The highest BCUT2D eigenvalue weighted by atomic mass is 35.5. The zero-order chi connectivity index (χ0) is 22.0. The molecule has 1 amide bonds. The number of carbonyl (C=O) groups is 1. The molecule has 0 aromatic heterocycles. The van der Waals surface area contributed by atoms with Crippen molar-refractivity contribution in [2.24, 2.45) is 0 Å². The number of benzene rings is 3. The average Bonchev–Trinajstić information content (AvgIpc) is 2.79. The van der Waals surface area contributed by atoms with Crippen LogP contribution in [-0.4, -0.2) is 27.0 Å². The molecule has 0 saturated heterocycles. The van der Waals surface area contributed by atoms with Crippen molar-refractivity contribution in [3.05, 3.63) is 83.4 Å². The monoisotopic (exact) mass is 456 g/mol. The fraction of sp³-hybridized carbons (Fsp3) is 0.174. The van der Waals surface area contributed by atoms with E-state index in [-0.39, 0.29) is 11.4 Å². The van der Waals surface area contributed by atoms with Gasteiger partial charge in [-0.25, -0.2) is 8.42 Å². The topological polar surface area (TPSA) is 75.7 Å². The van der Waals surface area contributed by atoms with E-state index in [2.05, 4.69) is 5.32 Å². The van der Waals surface area contributed by atoms with Crippen molar-refractivity contribution in [2.45, 2.75) is 24.3 Å². The Bertz CT molecular complexity index is 1210. The lowest BCUT2D eigenvalue weighted by molar-refractivity contribution is -0.122. The van der Waals surface area contributed by atoms with Crippen LogP contribution in [0.1, 0.15) is 12.5 Å². The maximum atomic E-state index is 13.4. The smallest absolute Gasteiger partial charge is 0.267 e. The molecular weight excluding hydrogens is 436 g/mol. The van der Waals surface area contributed by atoms with Crippen LogP contribution in [-0.2, 0) is 21.2 Å². The maximum absolute atomic E-state index is 13.4. The van der Waals surface area contributed by atoms with Gasteiger partial charge in [-0.1, -0.05) is 48.9 Å². The number of para-hydroxylation sites is 3. The lowest BCUT2D eigenvalue weighted by atomic mass is 10.1. The molecule has 8 heteroatoms. The van der Waals surface area contributed by atoms with E-state index in [0.717, 1.165) is 12.0 Å². The molecule has 3 aromatic rings. The third kappa shape index (κ3) is 4.24. The van der Waals surface area contributed by atoms with Gasteiger partial charge in [0.05, 0.1) is 17.1 Å². The van der Waals surface area contributed by atoms with Gasteiger partial charge in [0, 0.05) is 10.7 Å². The minimum atomic E-state index is -3.93. The summed E-state index contributed by atoms with van der Waals surface area (Å²) in [6, 6.07) is 20.2. The van der Waals surface area contributed by atoms with Crippen molar-refractivity contribution in [1.29, 1.82) is 0 Å². The summed E-state index contributed by atoms with van der Waals surface area (Å²) in [5, 5.41) is 3.32. The van der Waals surface area contributed by atoms with Crippen LogP contribution in [0.25, 0.3) is 0 Å². The van der Waals surface area contributed by atoms with Crippen molar-refractivity contribution < 1.29 is 17.9 Å². The Hall–Kier alpha value is -3.03. The standard InChI is InChI=1S/C23H21ClN2O4S/c1-2-16-7-3-4-8-19(16)25-23(27)22-15-26(20-9-5-6-10-21(20)30-22)31(28,29)18-13-11-17(24)12-14-18/h3-14,22H,2,15H2,1H3,(H,25,27)/t22-/m0/s1. The number of hydrogen-bond donors (Lipinski definition) is 1. The van der Waals surface area contributed by atoms with Crippen LogP contribution in [0.3, 0.4) is 0 Å². The molecule has 0 aliphatic carbocycles. The summed E-state index contributed by atoms with van der Waals surface area (Å²) in [4.78, 5) is 13.1. The summed E-state index contributed by atoms with van der Waals surface area (Å²) in [6.45, 7) is 1.85. The molecule has 31 heavy (non-hydrogen) atoms. The van der Waals surface area contributed by atoms with Crippen LogP contribution in [0.2, 0.25) is 5.02 Å². The summed E-state index contributed by atoms with van der Waals surface area (Å²) >= 11 is 5.91. The van der Waals surface area contributed by atoms with E-state index in [1.807, 2.05) is 31.2 Å². The minimum absolute atomic E-state index is 0.0871. The fourth-order valence-corrected chi connectivity index (χ4v) is 5.07. The molecule has 1 N–H and O–H groups in total. The van der Waals surface area contributed by atoms with Crippen LogP contribution in [0.4, 0.5) is 11.4 Å². The summed E-state index contributed by atoms with van der Waals surface area (Å²) in [7, 11) is -3.93. The second-order valence-corrected chi connectivity index (χ2v) is 9.36. The zero-order valence-electron chi connectivity index (χ0n) is 16.8. The van der Waals surface area contributed by atoms with E-state index >= 15 is 0 Å². The number of nitrogens with zero attached hydrogens (tertiary/aromatic N) is 1. The minimum Gasteiger partial charge on any atom is -0.476 e. The van der Waals surface area contributed by atoms with Gasteiger partial charge >= 0.3 is 0 Å². The lowest BCUT2D eigenvalue weighted by Crippen LogP contribution is -2.48. The molecule has 3 aromatic carbocycles. The second-order valence-electron chi connectivity index (χ2n) is 7.06. The number of hydrogen-bond acceptors (Lipinski definition) is 4. The zero-order valence-corrected chi connectivity index (χ0v) is 18.4. The van der Waals surface area contributed by atoms with Gasteiger partial charge in [0.25, 0.3) is 15.9 Å². The Balaban J connectivity index is 1.67. The molecule has 0 spiro atoms. The van der Waals surface area contributed by atoms with Gasteiger partial charge in [-0.05, 0) is 54.4 Å². The van der Waals surface area contributed by atoms with Gasteiger partial charge in [0.2, 0.25) is 0 Å². The Kier molecular flexibility index (Phi) is 5.89. The van der Waals surface area contributed by atoms with E-state index < -0.39 is 22.0 Å². The van der Waals surface area contributed by atoms with Crippen molar-refractivity contribution in [3.63, 3.8) is 0 Å². The number of carbonyl (C=O) groups excluding carboxylic acids is 1. The number of rotatable bonds is 5. The van der Waals surface area contributed by atoms with Gasteiger partial charge in [0.1, 0.15) is 5.75 Å². The van der Waals surface area contributed by atoms with Gasteiger partial charge < -0.3 is 10.1 Å². The first-order valence-corrected chi connectivity index (χ1v) is 11.6. The Morgan fingerprint density at radius 1 is 1.06 bits per heavy atom. The molecule has 4 rings (SSSR count). The second kappa shape index (κ2) is 8.61. The van der Waals surface area contributed by atoms with E-state index in [4.69, 9.17) is 16.3 Å². The molecule has 0 unspecified atom stereocenters. The molecule has 0 bridgehead atoms. The average molecular weight is 457 g/mol. The molecular formula is C23H21ClN2O4S. The molecule has 6 nitrogen and oxygen atoms in total. The number of aryl methyl sites for hydroxylation is 1. The van der Waals surface area contributed by atoms with Crippen LogP contribution >= 0.6 is 11.6 Å². The molecule has 0 fully saturated rings. The van der Waals surface area contributed by atoms with Gasteiger partial charge in [-0.2, -0.15) is 0 Å². The number of fused-ring (bicyclic) bond motifs is 1. The van der Waals surface area contributed by atoms with Crippen molar-refractivity contribution in [2.75, 3.05) is 16.2 Å². The number of sulfonamides is 1. The van der Waals surface area contributed by atoms with Crippen LogP contribution in [0, 0.1) is 0 Å². The third-order valence-corrected chi connectivity index (χ3v) is 7.13. The highest BCUT2D eigenvalue weighted by Gasteiger charge is 2.37. The van der Waals surface area contributed by atoms with E-state index in [9.17, 15) is 13.2 Å². The van der Waals surface area contributed by atoms with E-state index in [1.54, 1.807) is 24.3 Å². The van der Waals surface area contributed by atoms with Crippen LogP contribution in [0.15, 0.2) is 77.7 Å². The van der Waals surface area contributed by atoms with Gasteiger partial charge in [-0.15, -0.1) is 0 Å². The largest absolute Gasteiger partial charge is 0.476 e. The van der Waals surface area contributed by atoms with Crippen molar-refractivity contribution in [1.82, 2.24) is 0 Å². The number of ether oxygens (including phenoxy) is 1. The van der Waals surface area contributed by atoms with Gasteiger partial charge in [-0.3, -0.25) is 9.10 Å². The Morgan fingerprint density at radius 3 is 2.48 bits per heavy atom. The molecule has 1 aliphatic heterocycles. The Labute approximate surface area is 186 Å². The molecule has 0 radical (unpaired) electrons. The number of anilines is 2. The van der Waals surface area contributed by atoms with Crippen molar-refractivity contribution >= 4 is 38.9 Å². The summed E-state index contributed by atoms with van der Waals surface area (Å²) in [6.07, 6.45) is -0.260. The molecule has 0 saturated carbocycles. The quantitative estimate of drug-likeness (QED) is 0.613. The summed E-state index contributed by atoms with van der Waals surface area (Å²) < 4.78 is 33.9. The SMILES string of the molecule is CCc1ccccc1NC(=O)[C@@H]1CN(S(=O)(=O)c2ccc(Cl)cc2)c2ccccc2O1. The first-order valence-electron chi connectivity index (χ1n) is 9.83. The number of amides is 1. The maximum Gasteiger partial charge on any atom is 0.267 e. The molecule has 1 atom stereocenters. The van der Waals surface area contributed by atoms with E-state index in [0.29, 0.717) is 22.1 Å². The van der Waals surface area contributed by atoms with E-state index in [1.165, 1.54) is 28.6 Å². The normalized spacial score (nSPS) is 15.7. The number of halogens is 1. The van der Waals surface area contributed by atoms with Crippen LogP contribution < -0.4 is 14.4 Å². The highest BCUT2D eigenvalue weighted by Crippen LogP contribution is 2.37. The summed E-state index contributed by atoms with van der Waals surface area (Å²) in [5.74, 6) is -0.0816. The molecule has 160 valence electrons. The lowest BCUT2D eigenvalue weighted by Gasteiger charge is -2.34. The predicted octanol–water partition coefficient (Wildman–Crippen LogP) is 4.50. The molecule has 1 aliphatic rings.